The molecular formula is C3H2BrIN2. The third kappa shape index (κ3) is 1.16. The molecule has 0 saturated heterocycles. The fraction of sp³-hybridized carbons (Fsp3) is 0. The maximum absolute atomic E-state index is 3.74. The van der Waals surface area contributed by atoms with Gasteiger partial charge < -0.3 is 0 Å². The summed E-state index contributed by atoms with van der Waals surface area (Å²) in [5, 5.41) is 6.47. The van der Waals surface area contributed by atoms with Crippen LogP contribution in [-0.4, -0.2) is 10.2 Å². The lowest BCUT2D eigenvalue weighted by Crippen LogP contribution is -1.61. The van der Waals surface area contributed by atoms with Gasteiger partial charge in [-0.1, -0.05) is 0 Å². The number of H-pyrrole nitrogens is 1. The van der Waals surface area contributed by atoms with Gasteiger partial charge in [0.05, 0.1) is 9.77 Å². The summed E-state index contributed by atoms with van der Waals surface area (Å²) >= 11 is 5.42. The summed E-state index contributed by atoms with van der Waals surface area (Å²) in [5.74, 6) is 0. The summed E-state index contributed by atoms with van der Waals surface area (Å²) < 4.78 is 2.06. The Kier molecular flexibility index (Phi) is 1.69. The zero-order valence-corrected chi connectivity index (χ0v) is 7.02. The topological polar surface area (TPSA) is 28.7 Å². The monoisotopic (exact) mass is 272 g/mol. The summed E-state index contributed by atoms with van der Waals surface area (Å²) in [6.45, 7) is 0. The molecular weight excluding hydrogens is 271 g/mol. The van der Waals surface area contributed by atoms with Crippen LogP contribution >= 0.6 is 38.5 Å². The van der Waals surface area contributed by atoms with Crippen LogP contribution in [0, 0.1) is 3.57 Å². The zero-order valence-electron chi connectivity index (χ0n) is 3.28. The Morgan fingerprint density at radius 3 is 2.71 bits per heavy atom. The Morgan fingerprint density at radius 1 is 1.86 bits per heavy atom. The Hall–Kier alpha value is 0.420. The van der Waals surface area contributed by atoms with Crippen LogP contribution in [-0.2, 0) is 0 Å². The van der Waals surface area contributed by atoms with Crippen molar-refractivity contribution in [1.82, 2.24) is 10.2 Å². The molecule has 0 fully saturated rings. The van der Waals surface area contributed by atoms with Crippen molar-refractivity contribution in [2.24, 2.45) is 0 Å². The Labute approximate surface area is 63.0 Å². The normalized spacial score (nSPS) is 9.43. The molecule has 0 aliphatic rings. The molecule has 0 saturated carbocycles. The van der Waals surface area contributed by atoms with Gasteiger partial charge in [-0.3, -0.25) is 5.10 Å². The van der Waals surface area contributed by atoms with Gasteiger partial charge in [-0.25, -0.2) is 0 Å². The molecule has 0 aromatic carbocycles. The van der Waals surface area contributed by atoms with E-state index in [0.29, 0.717) is 0 Å². The van der Waals surface area contributed by atoms with E-state index >= 15 is 0 Å². The maximum Gasteiger partial charge on any atom is 0.114 e. The van der Waals surface area contributed by atoms with Crippen molar-refractivity contribution in [3.05, 3.63) is 14.4 Å². The van der Waals surface area contributed by atoms with E-state index in [1.54, 1.807) is 6.20 Å². The second-order valence-corrected chi connectivity index (χ2v) is 2.99. The third-order valence-corrected chi connectivity index (χ3v) is 2.71. The van der Waals surface area contributed by atoms with E-state index in [2.05, 4.69) is 48.7 Å². The minimum absolute atomic E-state index is 0.952. The largest absolute Gasteiger partial charge is 0.270 e. The second kappa shape index (κ2) is 2.13. The molecule has 0 bridgehead atoms. The molecule has 2 nitrogen and oxygen atoms in total. The smallest absolute Gasteiger partial charge is 0.114 e. The average Bonchev–Trinajstić information content (AvgIpc) is 1.91. The highest BCUT2D eigenvalue weighted by atomic mass is 127. The van der Waals surface area contributed by atoms with E-state index in [1.807, 2.05) is 0 Å². The minimum Gasteiger partial charge on any atom is -0.270 e. The van der Waals surface area contributed by atoms with Gasteiger partial charge in [-0.05, 0) is 38.5 Å². The molecule has 38 valence electrons. The highest BCUT2D eigenvalue weighted by molar-refractivity contribution is 14.1. The molecule has 0 radical (unpaired) electrons. The summed E-state index contributed by atoms with van der Waals surface area (Å²) in [6, 6.07) is 0. The molecule has 0 aliphatic heterocycles. The first kappa shape index (κ1) is 5.55. The van der Waals surface area contributed by atoms with Crippen LogP contribution in [0.15, 0.2) is 10.8 Å². The van der Waals surface area contributed by atoms with Crippen LogP contribution in [0.25, 0.3) is 0 Å². The average molecular weight is 273 g/mol. The number of nitrogens with one attached hydrogen (secondary N) is 1. The van der Waals surface area contributed by atoms with E-state index in [9.17, 15) is 0 Å². The van der Waals surface area contributed by atoms with Gasteiger partial charge in [0.2, 0.25) is 0 Å². The van der Waals surface area contributed by atoms with Gasteiger partial charge in [0.25, 0.3) is 0 Å². The van der Waals surface area contributed by atoms with E-state index < -0.39 is 0 Å². The van der Waals surface area contributed by atoms with Crippen LogP contribution in [0.5, 0.6) is 0 Å². The molecule has 1 N–H and O–H groups in total. The summed E-state index contributed by atoms with van der Waals surface area (Å²) in [5.41, 5.74) is 0. The fourth-order valence-corrected chi connectivity index (χ4v) is 0.720. The molecule has 0 spiro atoms. The lowest BCUT2D eigenvalue weighted by molar-refractivity contribution is 1.07. The second-order valence-electron chi connectivity index (χ2n) is 1.03. The summed E-state index contributed by atoms with van der Waals surface area (Å²) in [4.78, 5) is 0. The molecule has 1 aromatic rings. The Bertz CT molecular complexity index is 145. The van der Waals surface area contributed by atoms with Gasteiger partial charge in [-0.15, -0.1) is 0 Å². The quantitative estimate of drug-likeness (QED) is 0.717. The standard InChI is InChI=1S/C3H2BrIN2/c4-3-2(5)1-6-7-3/h1H,(H,6,7). The van der Waals surface area contributed by atoms with Crippen LogP contribution < -0.4 is 0 Å². The molecule has 0 amide bonds. The molecule has 1 aromatic heterocycles. The van der Waals surface area contributed by atoms with Crippen molar-refractivity contribution in [3.63, 3.8) is 0 Å². The number of rotatable bonds is 0. The van der Waals surface area contributed by atoms with E-state index in [0.717, 1.165) is 8.17 Å². The van der Waals surface area contributed by atoms with Crippen molar-refractivity contribution in [2.75, 3.05) is 0 Å². The molecule has 1 heterocycles. The molecule has 0 atom stereocenters. The van der Waals surface area contributed by atoms with Crippen LogP contribution in [0.4, 0.5) is 0 Å². The van der Waals surface area contributed by atoms with E-state index in [-0.39, 0.29) is 0 Å². The van der Waals surface area contributed by atoms with Gasteiger partial charge in [-0.2, -0.15) is 5.10 Å². The number of aromatic nitrogens is 2. The third-order valence-electron chi connectivity index (χ3n) is 0.550. The number of nitrogens with zero attached hydrogens (tertiary/aromatic N) is 1. The van der Waals surface area contributed by atoms with Gasteiger partial charge in [0.15, 0.2) is 0 Å². The molecule has 0 unspecified atom stereocenters. The van der Waals surface area contributed by atoms with Gasteiger partial charge in [0.1, 0.15) is 4.60 Å². The number of hydrogen-bond donors (Lipinski definition) is 1. The summed E-state index contributed by atoms with van der Waals surface area (Å²) in [6.07, 6.45) is 1.75. The molecule has 1 rings (SSSR count). The van der Waals surface area contributed by atoms with Crippen LogP contribution in [0.3, 0.4) is 0 Å². The number of aromatic amines is 1. The lowest BCUT2D eigenvalue weighted by Gasteiger charge is -1.73. The van der Waals surface area contributed by atoms with Gasteiger partial charge in [0, 0.05) is 0 Å². The number of halogens is 2. The number of hydrogen-bond acceptors (Lipinski definition) is 1. The fourth-order valence-electron chi connectivity index (χ4n) is 0.256. The molecule has 4 heteroatoms. The van der Waals surface area contributed by atoms with E-state index in [1.165, 1.54) is 0 Å². The first-order valence-corrected chi connectivity index (χ1v) is 3.52. The van der Waals surface area contributed by atoms with Crippen LogP contribution in [0.2, 0.25) is 0 Å². The van der Waals surface area contributed by atoms with Crippen molar-refractivity contribution >= 4 is 38.5 Å². The molecule has 7 heavy (non-hydrogen) atoms. The van der Waals surface area contributed by atoms with E-state index in [4.69, 9.17) is 0 Å². The SMILES string of the molecule is Brc1[nH]ncc1I. The van der Waals surface area contributed by atoms with Crippen molar-refractivity contribution in [2.45, 2.75) is 0 Å². The first-order valence-electron chi connectivity index (χ1n) is 1.65. The predicted molar refractivity (Wildman–Crippen MR) is 39.0 cm³/mol. The van der Waals surface area contributed by atoms with Crippen molar-refractivity contribution < 1.29 is 0 Å². The van der Waals surface area contributed by atoms with Crippen molar-refractivity contribution in [1.29, 1.82) is 0 Å². The molecule has 0 aliphatic carbocycles. The summed E-state index contributed by atoms with van der Waals surface area (Å²) in [7, 11) is 0. The zero-order chi connectivity index (χ0) is 5.28. The van der Waals surface area contributed by atoms with Crippen molar-refractivity contribution in [3.8, 4) is 0 Å². The Balaban J connectivity index is 3.12. The lowest BCUT2D eigenvalue weighted by atomic mass is 10.8. The minimum atomic E-state index is 0.952. The predicted octanol–water partition coefficient (Wildman–Crippen LogP) is 1.78. The first-order chi connectivity index (χ1) is 3.30. The highest BCUT2D eigenvalue weighted by Gasteiger charge is 1.91. The Morgan fingerprint density at radius 2 is 2.57 bits per heavy atom. The highest BCUT2D eigenvalue weighted by Crippen LogP contribution is 2.12. The van der Waals surface area contributed by atoms with Crippen LogP contribution in [0.1, 0.15) is 0 Å². The maximum atomic E-state index is 3.74. The van der Waals surface area contributed by atoms with Gasteiger partial charge >= 0.3 is 0 Å².